The topological polar surface area (TPSA) is 0 Å². The normalized spacial score (nSPS) is 9.80. The Morgan fingerprint density at radius 2 is 1.80 bits per heavy atom. The van der Waals surface area contributed by atoms with E-state index in [4.69, 9.17) is 0 Å². The second-order valence-corrected chi connectivity index (χ2v) is 3.65. The molecule has 0 aliphatic heterocycles. The summed E-state index contributed by atoms with van der Waals surface area (Å²) in [5.41, 5.74) is 0.518. The van der Waals surface area contributed by atoms with Crippen LogP contribution in [-0.2, 0) is 31.0 Å². The van der Waals surface area contributed by atoms with Crippen molar-refractivity contribution in [3.63, 3.8) is 0 Å². The van der Waals surface area contributed by atoms with Gasteiger partial charge in [0.05, 0.1) is 0 Å². The van der Waals surface area contributed by atoms with Crippen molar-refractivity contribution in [1.29, 1.82) is 0 Å². The monoisotopic (exact) mass is 216 g/mol. The molecule has 0 amide bonds. The first-order valence-electron chi connectivity index (χ1n) is 2.82. The molecule has 0 atom stereocenters. The fourth-order valence-electron chi connectivity index (χ4n) is 0.680. The quantitative estimate of drug-likeness (QED) is 0.615. The van der Waals surface area contributed by atoms with Gasteiger partial charge in [0.2, 0.25) is 0 Å². The van der Waals surface area contributed by atoms with E-state index in [9.17, 15) is 8.78 Å². The fourth-order valence-corrected chi connectivity index (χ4v) is 1.50. The zero-order valence-corrected chi connectivity index (χ0v) is 8.33. The number of rotatable bonds is 0. The van der Waals surface area contributed by atoms with Gasteiger partial charge in [0, 0.05) is 0 Å². The maximum absolute atomic E-state index is 12.6. The molecule has 50 valence electrons. The average Bonchev–Trinajstić information content (AvgIpc) is 1.84. The molecule has 0 bridgehead atoms. The molecule has 3 heteroatoms. The summed E-state index contributed by atoms with van der Waals surface area (Å²) in [5, 5.41) is 0. The van der Waals surface area contributed by atoms with Gasteiger partial charge in [-0.1, -0.05) is 0 Å². The second kappa shape index (κ2) is 3.06. The third kappa shape index (κ3) is 1.61. The Balaban J connectivity index is 3.28. The van der Waals surface area contributed by atoms with Crippen LogP contribution in [0.25, 0.3) is 0 Å². The Labute approximate surface area is 78.1 Å². The predicted molar refractivity (Wildman–Crippen MR) is 30.7 cm³/mol. The third-order valence-electron chi connectivity index (χ3n) is 1.28. The van der Waals surface area contributed by atoms with E-state index in [1.807, 2.05) is 0 Å². The summed E-state index contributed by atoms with van der Waals surface area (Å²) in [6, 6.07) is 2.49. The first kappa shape index (κ1) is 8.28. The summed E-state index contributed by atoms with van der Waals surface area (Å²) in [7, 11) is 0. The zero-order valence-electron chi connectivity index (χ0n) is 5.49. The molecule has 0 aromatic heterocycles. The molecule has 0 unspecified atom stereocenters. The van der Waals surface area contributed by atoms with Crippen LogP contribution in [0.2, 0.25) is 0 Å². The van der Waals surface area contributed by atoms with E-state index < -0.39 is 11.6 Å². The van der Waals surface area contributed by atoms with Crippen molar-refractivity contribution in [1.82, 2.24) is 0 Å². The van der Waals surface area contributed by atoms with Gasteiger partial charge in [-0.15, -0.1) is 0 Å². The Morgan fingerprint density at radius 3 is 2.30 bits per heavy atom. The van der Waals surface area contributed by atoms with Crippen LogP contribution < -0.4 is 2.37 Å². The van der Waals surface area contributed by atoms with Crippen LogP contribution in [0.4, 0.5) is 8.78 Å². The summed E-state index contributed by atoms with van der Waals surface area (Å²) >= 11 is 0.694. The molecule has 1 aromatic carbocycles. The first-order valence-corrected chi connectivity index (χ1v) is 4.24. The van der Waals surface area contributed by atoms with Crippen molar-refractivity contribution < 1.29 is 39.7 Å². The number of halogens is 2. The number of hydrogen-bond acceptors (Lipinski definition) is 0. The molecule has 0 nitrogen and oxygen atoms in total. The molecular weight excluding hydrogens is 211 g/mol. The molecule has 0 spiro atoms. The number of benzene rings is 1. The van der Waals surface area contributed by atoms with Gasteiger partial charge in [0.1, 0.15) is 0 Å². The summed E-state index contributed by atoms with van der Waals surface area (Å²) in [6.07, 6.45) is 0. The summed E-state index contributed by atoms with van der Waals surface area (Å²) < 4.78 is 25.7. The Kier molecular flexibility index (Phi) is 2.53. The van der Waals surface area contributed by atoms with Gasteiger partial charge in [-0.25, -0.2) is 0 Å². The summed E-state index contributed by atoms with van der Waals surface area (Å²) in [6.45, 7) is 1.63. The molecule has 10 heavy (non-hydrogen) atoms. The molecule has 0 N–H and O–H groups in total. The maximum atomic E-state index is 12.6. The average molecular weight is 216 g/mol. The molecule has 0 aliphatic carbocycles. The zero-order chi connectivity index (χ0) is 7.72. The number of aryl methyl sites for hydroxylation is 1. The first-order chi connectivity index (χ1) is 4.61. The van der Waals surface area contributed by atoms with Gasteiger partial charge in [-0.3, -0.25) is 0 Å². The predicted octanol–water partition coefficient (Wildman–Crippen LogP) is 1.45. The Bertz CT molecular complexity index is 208. The van der Waals surface area contributed by atoms with Crippen LogP contribution in [0.5, 0.6) is 0 Å². The van der Waals surface area contributed by atoms with Crippen molar-refractivity contribution in [2.24, 2.45) is 0 Å². The van der Waals surface area contributed by atoms with Crippen molar-refractivity contribution >= 4 is 2.37 Å². The van der Waals surface area contributed by atoms with E-state index in [0.717, 1.165) is 6.07 Å². The third-order valence-corrected chi connectivity index (χ3v) is 2.37. The molecule has 0 saturated carbocycles. The molecule has 1 rings (SSSR count). The Morgan fingerprint density at radius 1 is 1.20 bits per heavy atom. The minimum atomic E-state index is -0.462. The van der Waals surface area contributed by atoms with Gasteiger partial charge in [-0.05, 0) is 0 Å². The fraction of sp³-hybridized carbons (Fsp3) is 0.143. The van der Waals surface area contributed by atoms with Crippen LogP contribution in [0.3, 0.4) is 0 Å². The van der Waals surface area contributed by atoms with Crippen molar-refractivity contribution in [3.8, 4) is 0 Å². The van der Waals surface area contributed by atoms with Crippen molar-refractivity contribution in [2.45, 2.75) is 6.92 Å². The molecule has 0 fully saturated rings. The van der Waals surface area contributed by atoms with Gasteiger partial charge in [-0.2, -0.15) is 0 Å². The summed E-state index contributed by atoms with van der Waals surface area (Å²) in [5.74, 6) is -0.888. The minimum absolute atomic E-state index is 0.425. The van der Waals surface area contributed by atoms with Gasteiger partial charge < -0.3 is 0 Å². The van der Waals surface area contributed by atoms with E-state index in [1.54, 1.807) is 13.0 Å². The second-order valence-electron chi connectivity index (χ2n) is 2.12. The van der Waals surface area contributed by atoms with E-state index >= 15 is 0 Å². The SMILES string of the molecule is Cc1c[c]([Y])c(F)cc1F. The summed E-state index contributed by atoms with van der Waals surface area (Å²) in [4.78, 5) is 0. The van der Waals surface area contributed by atoms with E-state index in [1.165, 1.54) is 0 Å². The molecule has 1 aromatic rings. The molecular formula is C7H5F2Y. The molecule has 0 aliphatic rings. The number of hydrogen-bond donors (Lipinski definition) is 0. The van der Waals surface area contributed by atoms with Crippen molar-refractivity contribution in [3.05, 3.63) is 29.3 Å². The molecule has 0 saturated heterocycles. The van der Waals surface area contributed by atoms with Crippen LogP contribution in [-0.4, -0.2) is 0 Å². The Hall–Kier alpha value is 0.184. The van der Waals surface area contributed by atoms with Gasteiger partial charge >= 0.3 is 78.4 Å². The van der Waals surface area contributed by atoms with Crippen LogP contribution in [0, 0.1) is 18.6 Å². The molecule has 0 radical (unpaired) electrons. The van der Waals surface area contributed by atoms with E-state index in [-0.39, 0.29) is 0 Å². The van der Waals surface area contributed by atoms with Crippen molar-refractivity contribution in [2.75, 3.05) is 0 Å². The van der Waals surface area contributed by atoms with Crippen LogP contribution in [0.1, 0.15) is 5.56 Å². The van der Waals surface area contributed by atoms with Crippen LogP contribution >= 0.6 is 0 Å². The van der Waals surface area contributed by atoms with Gasteiger partial charge in [0.15, 0.2) is 0 Å². The van der Waals surface area contributed by atoms with Gasteiger partial charge in [0.25, 0.3) is 0 Å². The standard InChI is InChI=1S/C7H5F2.Y/c1-5-2-3-6(8)4-7(5)9;/h2,4H,1H3;. The van der Waals surface area contributed by atoms with E-state index in [2.05, 4.69) is 0 Å². The molecule has 0 heterocycles. The van der Waals surface area contributed by atoms with E-state index in [0.29, 0.717) is 38.9 Å². The van der Waals surface area contributed by atoms with Crippen LogP contribution in [0.15, 0.2) is 12.1 Å².